The molecule has 5 nitrogen and oxygen atoms in total. The number of amides is 1. The van der Waals surface area contributed by atoms with E-state index in [1.807, 2.05) is 23.1 Å². The Morgan fingerprint density at radius 2 is 1.83 bits per heavy atom. The zero-order valence-electron chi connectivity index (χ0n) is 14.5. The standard InChI is InChI=1S/C18H30N4O/c1-15(2)20-12-6-17(7-13-20)18(23)21-10-4-16(5-11-21)14-22-9-3-8-19-22/h3,8-9,15-17H,4-7,10-14H2,1-2H3. The molecule has 2 saturated heterocycles. The molecule has 2 aliphatic heterocycles. The second-order valence-corrected chi connectivity index (χ2v) is 7.40. The van der Waals surface area contributed by atoms with E-state index in [2.05, 4.69) is 28.7 Å². The molecule has 0 unspecified atom stereocenters. The highest BCUT2D eigenvalue weighted by Gasteiger charge is 2.31. The molecule has 1 amide bonds. The zero-order valence-corrected chi connectivity index (χ0v) is 14.5. The van der Waals surface area contributed by atoms with E-state index in [9.17, 15) is 4.79 Å². The molecule has 0 atom stereocenters. The Morgan fingerprint density at radius 1 is 1.13 bits per heavy atom. The lowest BCUT2D eigenvalue weighted by Crippen LogP contribution is -2.46. The molecular weight excluding hydrogens is 288 g/mol. The van der Waals surface area contributed by atoms with Crippen molar-refractivity contribution < 1.29 is 4.79 Å². The van der Waals surface area contributed by atoms with E-state index in [4.69, 9.17) is 0 Å². The van der Waals surface area contributed by atoms with Crippen LogP contribution in [0.25, 0.3) is 0 Å². The van der Waals surface area contributed by atoms with Crippen molar-refractivity contribution in [3.05, 3.63) is 18.5 Å². The van der Waals surface area contributed by atoms with Crippen LogP contribution in [0, 0.1) is 11.8 Å². The highest BCUT2D eigenvalue weighted by Crippen LogP contribution is 2.25. The second-order valence-electron chi connectivity index (χ2n) is 7.40. The number of hydrogen-bond donors (Lipinski definition) is 0. The first-order valence-corrected chi connectivity index (χ1v) is 9.13. The van der Waals surface area contributed by atoms with Gasteiger partial charge < -0.3 is 9.80 Å². The van der Waals surface area contributed by atoms with E-state index >= 15 is 0 Å². The van der Waals surface area contributed by atoms with Gasteiger partial charge in [-0.2, -0.15) is 5.10 Å². The summed E-state index contributed by atoms with van der Waals surface area (Å²) in [4.78, 5) is 17.3. The number of aromatic nitrogens is 2. The summed E-state index contributed by atoms with van der Waals surface area (Å²) >= 11 is 0. The minimum atomic E-state index is 0.257. The maximum Gasteiger partial charge on any atom is 0.225 e. The van der Waals surface area contributed by atoms with Crippen LogP contribution < -0.4 is 0 Å². The van der Waals surface area contributed by atoms with E-state index in [0.29, 0.717) is 17.9 Å². The minimum absolute atomic E-state index is 0.257. The Hall–Kier alpha value is -1.36. The van der Waals surface area contributed by atoms with Gasteiger partial charge in [-0.05, 0) is 64.6 Å². The van der Waals surface area contributed by atoms with Crippen LogP contribution in [-0.2, 0) is 11.3 Å². The Labute approximate surface area is 139 Å². The van der Waals surface area contributed by atoms with Gasteiger partial charge in [0.2, 0.25) is 5.91 Å². The second kappa shape index (κ2) is 7.47. The van der Waals surface area contributed by atoms with Crippen molar-refractivity contribution in [3.8, 4) is 0 Å². The van der Waals surface area contributed by atoms with Crippen molar-refractivity contribution in [2.24, 2.45) is 11.8 Å². The number of hydrogen-bond acceptors (Lipinski definition) is 3. The Morgan fingerprint density at radius 3 is 2.39 bits per heavy atom. The molecule has 2 fully saturated rings. The SMILES string of the molecule is CC(C)N1CCC(C(=O)N2CCC(Cn3cccn3)CC2)CC1. The van der Waals surface area contributed by atoms with E-state index in [-0.39, 0.29) is 5.92 Å². The van der Waals surface area contributed by atoms with Crippen molar-refractivity contribution in [2.45, 2.75) is 52.1 Å². The molecule has 23 heavy (non-hydrogen) atoms. The summed E-state index contributed by atoms with van der Waals surface area (Å²) in [7, 11) is 0. The normalized spacial score (nSPS) is 22.0. The van der Waals surface area contributed by atoms with Crippen LogP contribution in [0.3, 0.4) is 0 Å². The van der Waals surface area contributed by atoms with Crippen molar-refractivity contribution in [3.63, 3.8) is 0 Å². The third-order valence-electron chi connectivity index (χ3n) is 5.54. The number of nitrogens with zero attached hydrogens (tertiary/aromatic N) is 4. The Balaban J connectivity index is 1.43. The molecule has 0 N–H and O–H groups in total. The monoisotopic (exact) mass is 318 g/mol. The fraction of sp³-hybridized carbons (Fsp3) is 0.778. The molecule has 0 bridgehead atoms. The van der Waals surface area contributed by atoms with Gasteiger partial charge in [-0.15, -0.1) is 0 Å². The van der Waals surface area contributed by atoms with Crippen LogP contribution in [0.4, 0.5) is 0 Å². The van der Waals surface area contributed by atoms with Gasteiger partial charge in [-0.25, -0.2) is 0 Å². The van der Waals surface area contributed by atoms with Crippen LogP contribution in [0.15, 0.2) is 18.5 Å². The molecule has 0 aliphatic carbocycles. The summed E-state index contributed by atoms with van der Waals surface area (Å²) < 4.78 is 2.02. The van der Waals surface area contributed by atoms with E-state index in [1.54, 1.807) is 0 Å². The molecule has 5 heteroatoms. The Bertz CT molecular complexity index is 483. The third kappa shape index (κ3) is 4.14. The molecule has 3 rings (SSSR count). The molecule has 1 aromatic heterocycles. The van der Waals surface area contributed by atoms with Gasteiger partial charge in [-0.1, -0.05) is 0 Å². The number of carbonyl (C=O) groups is 1. The molecular formula is C18H30N4O. The molecule has 0 saturated carbocycles. The summed E-state index contributed by atoms with van der Waals surface area (Å²) in [6.07, 6.45) is 8.14. The van der Waals surface area contributed by atoms with Gasteiger partial charge in [0.1, 0.15) is 0 Å². The molecule has 128 valence electrons. The first kappa shape index (κ1) is 16.5. The van der Waals surface area contributed by atoms with Crippen LogP contribution in [0.1, 0.15) is 39.5 Å². The first-order valence-electron chi connectivity index (χ1n) is 9.13. The summed E-state index contributed by atoms with van der Waals surface area (Å²) in [6.45, 7) is 9.47. The average molecular weight is 318 g/mol. The summed E-state index contributed by atoms with van der Waals surface area (Å²) in [5.74, 6) is 1.32. The van der Waals surface area contributed by atoms with Gasteiger partial charge in [0, 0.05) is 44.0 Å². The highest BCUT2D eigenvalue weighted by atomic mass is 16.2. The number of rotatable bonds is 4. The Kier molecular flexibility index (Phi) is 5.36. The van der Waals surface area contributed by atoms with Crippen molar-refractivity contribution in [2.75, 3.05) is 26.2 Å². The molecule has 1 aromatic rings. The number of carbonyl (C=O) groups excluding carboxylic acids is 1. The lowest BCUT2D eigenvalue weighted by molar-refractivity contribution is -0.138. The predicted molar refractivity (Wildman–Crippen MR) is 91.0 cm³/mol. The van der Waals surface area contributed by atoms with Gasteiger partial charge in [0.15, 0.2) is 0 Å². The maximum atomic E-state index is 12.7. The fourth-order valence-electron chi connectivity index (χ4n) is 3.93. The maximum absolute atomic E-state index is 12.7. The van der Waals surface area contributed by atoms with Crippen LogP contribution in [-0.4, -0.2) is 57.7 Å². The van der Waals surface area contributed by atoms with Gasteiger partial charge >= 0.3 is 0 Å². The van der Waals surface area contributed by atoms with Crippen molar-refractivity contribution >= 4 is 5.91 Å². The fourth-order valence-corrected chi connectivity index (χ4v) is 3.93. The predicted octanol–water partition coefficient (Wildman–Crippen LogP) is 2.24. The van der Waals surface area contributed by atoms with Crippen LogP contribution in [0.2, 0.25) is 0 Å². The molecule has 3 heterocycles. The average Bonchev–Trinajstić information content (AvgIpc) is 3.08. The van der Waals surface area contributed by atoms with Gasteiger partial charge in [0.25, 0.3) is 0 Å². The quantitative estimate of drug-likeness (QED) is 0.855. The lowest BCUT2D eigenvalue weighted by Gasteiger charge is -2.38. The van der Waals surface area contributed by atoms with Crippen LogP contribution >= 0.6 is 0 Å². The van der Waals surface area contributed by atoms with Gasteiger partial charge in [-0.3, -0.25) is 9.48 Å². The van der Waals surface area contributed by atoms with Crippen molar-refractivity contribution in [1.29, 1.82) is 0 Å². The number of piperidine rings is 2. The largest absolute Gasteiger partial charge is 0.342 e. The lowest BCUT2D eigenvalue weighted by atomic mass is 9.91. The molecule has 0 aromatic carbocycles. The van der Waals surface area contributed by atoms with Crippen LogP contribution in [0.5, 0.6) is 0 Å². The zero-order chi connectivity index (χ0) is 16.2. The molecule has 2 aliphatic rings. The first-order chi connectivity index (χ1) is 11.1. The summed E-state index contributed by atoms with van der Waals surface area (Å²) in [5.41, 5.74) is 0. The highest BCUT2D eigenvalue weighted by molar-refractivity contribution is 5.79. The summed E-state index contributed by atoms with van der Waals surface area (Å²) in [5, 5.41) is 4.29. The topological polar surface area (TPSA) is 41.4 Å². The minimum Gasteiger partial charge on any atom is -0.342 e. The molecule has 0 spiro atoms. The smallest absolute Gasteiger partial charge is 0.225 e. The van der Waals surface area contributed by atoms with E-state index in [0.717, 1.165) is 58.4 Å². The van der Waals surface area contributed by atoms with E-state index in [1.165, 1.54) is 0 Å². The van der Waals surface area contributed by atoms with Gasteiger partial charge in [0.05, 0.1) is 0 Å². The number of likely N-dealkylation sites (tertiary alicyclic amines) is 2. The summed E-state index contributed by atoms with van der Waals surface area (Å²) in [6, 6.07) is 2.58. The van der Waals surface area contributed by atoms with E-state index < -0.39 is 0 Å². The molecule has 0 radical (unpaired) electrons. The van der Waals surface area contributed by atoms with Crippen molar-refractivity contribution in [1.82, 2.24) is 19.6 Å². The third-order valence-corrected chi connectivity index (χ3v) is 5.54.